The van der Waals surface area contributed by atoms with Gasteiger partial charge in [0.05, 0.1) is 0 Å². The van der Waals surface area contributed by atoms with Gasteiger partial charge in [-0.1, -0.05) is 6.92 Å². The third-order valence-corrected chi connectivity index (χ3v) is 3.19. The number of nitrogens with two attached hydrogens (primary N) is 1. The van der Waals surface area contributed by atoms with Crippen molar-refractivity contribution in [1.29, 1.82) is 0 Å². The number of hydrogen-bond donors (Lipinski definition) is 2. The van der Waals surface area contributed by atoms with E-state index in [-0.39, 0.29) is 0 Å². The molecule has 2 atom stereocenters. The predicted molar refractivity (Wildman–Crippen MR) is 55.1 cm³/mol. The number of aliphatic carboxylic acids is 1. The van der Waals surface area contributed by atoms with Crippen molar-refractivity contribution in [2.75, 3.05) is 13.1 Å². The first-order valence-corrected chi connectivity index (χ1v) is 5.26. The highest BCUT2D eigenvalue weighted by Crippen LogP contribution is 2.21. The Morgan fingerprint density at radius 3 is 2.86 bits per heavy atom. The van der Waals surface area contributed by atoms with E-state index in [2.05, 4.69) is 18.7 Å². The smallest absolute Gasteiger partial charge is 0.325 e. The van der Waals surface area contributed by atoms with Crippen molar-refractivity contribution in [3.05, 3.63) is 0 Å². The van der Waals surface area contributed by atoms with Gasteiger partial charge in [0.25, 0.3) is 0 Å². The second-order valence-corrected chi connectivity index (χ2v) is 4.29. The molecule has 1 fully saturated rings. The van der Waals surface area contributed by atoms with E-state index in [9.17, 15) is 4.79 Å². The van der Waals surface area contributed by atoms with Crippen molar-refractivity contribution < 1.29 is 9.90 Å². The van der Waals surface area contributed by atoms with Crippen LogP contribution < -0.4 is 5.73 Å². The molecule has 0 saturated carbocycles. The van der Waals surface area contributed by atoms with Gasteiger partial charge in [-0.2, -0.15) is 0 Å². The molecule has 1 heterocycles. The third-order valence-electron chi connectivity index (χ3n) is 3.19. The van der Waals surface area contributed by atoms with E-state index in [0.717, 1.165) is 19.4 Å². The first kappa shape index (κ1) is 11.5. The summed E-state index contributed by atoms with van der Waals surface area (Å²) >= 11 is 0. The summed E-state index contributed by atoms with van der Waals surface area (Å²) in [6.45, 7) is 5.68. The van der Waals surface area contributed by atoms with Crippen molar-refractivity contribution in [2.24, 2.45) is 5.73 Å². The number of carbonyl (C=O) groups is 1. The lowest BCUT2D eigenvalue weighted by Crippen LogP contribution is -2.60. The van der Waals surface area contributed by atoms with Crippen LogP contribution in [0.5, 0.6) is 0 Å². The zero-order chi connectivity index (χ0) is 10.8. The minimum absolute atomic E-state index is 0.428. The Hall–Kier alpha value is -0.610. The number of likely N-dealkylation sites (tertiary alicyclic amines) is 1. The topological polar surface area (TPSA) is 66.6 Å². The van der Waals surface area contributed by atoms with Crippen molar-refractivity contribution >= 4 is 5.97 Å². The van der Waals surface area contributed by atoms with Crippen LogP contribution in [0.3, 0.4) is 0 Å². The zero-order valence-electron chi connectivity index (χ0n) is 8.99. The van der Waals surface area contributed by atoms with Crippen molar-refractivity contribution in [3.63, 3.8) is 0 Å². The summed E-state index contributed by atoms with van der Waals surface area (Å²) in [4.78, 5) is 13.2. The minimum Gasteiger partial charge on any atom is -0.480 e. The maximum absolute atomic E-state index is 11.0. The van der Waals surface area contributed by atoms with Gasteiger partial charge in [0.1, 0.15) is 5.54 Å². The molecule has 0 aromatic rings. The first-order chi connectivity index (χ1) is 6.49. The van der Waals surface area contributed by atoms with Crippen LogP contribution in [0.4, 0.5) is 0 Å². The molecule has 0 aromatic heterocycles. The molecule has 3 N–H and O–H groups in total. The molecule has 4 nitrogen and oxygen atoms in total. The molecule has 1 aliphatic rings. The van der Waals surface area contributed by atoms with E-state index in [1.165, 1.54) is 0 Å². The fraction of sp³-hybridized carbons (Fsp3) is 0.900. The molecular formula is C10H20N2O2. The largest absolute Gasteiger partial charge is 0.480 e. The second-order valence-electron chi connectivity index (χ2n) is 4.29. The van der Waals surface area contributed by atoms with Crippen LogP contribution in [-0.2, 0) is 4.79 Å². The summed E-state index contributed by atoms with van der Waals surface area (Å²) < 4.78 is 0. The number of nitrogens with zero attached hydrogens (tertiary/aromatic N) is 1. The molecule has 0 spiro atoms. The average molecular weight is 200 g/mol. The first-order valence-electron chi connectivity index (χ1n) is 5.26. The van der Waals surface area contributed by atoms with Gasteiger partial charge in [-0.15, -0.1) is 0 Å². The van der Waals surface area contributed by atoms with Gasteiger partial charge >= 0.3 is 5.97 Å². The number of rotatable bonds is 3. The molecule has 0 aromatic carbocycles. The van der Waals surface area contributed by atoms with Crippen LogP contribution in [0.2, 0.25) is 0 Å². The predicted octanol–water partition coefficient (Wildman–Crippen LogP) is 0.663. The summed E-state index contributed by atoms with van der Waals surface area (Å²) in [6.07, 6.45) is 2.51. The Morgan fingerprint density at radius 1 is 1.71 bits per heavy atom. The molecule has 1 saturated heterocycles. The maximum atomic E-state index is 11.0. The van der Waals surface area contributed by atoms with Crippen molar-refractivity contribution in [3.8, 4) is 0 Å². The van der Waals surface area contributed by atoms with Gasteiger partial charge < -0.3 is 10.8 Å². The molecular weight excluding hydrogens is 180 g/mol. The SMILES string of the molecule is CCC(C)N1CCCC(N)(C(=O)O)C1. The highest BCUT2D eigenvalue weighted by Gasteiger charge is 2.39. The van der Waals surface area contributed by atoms with E-state index >= 15 is 0 Å². The molecule has 1 aliphatic heterocycles. The van der Waals surface area contributed by atoms with E-state index in [0.29, 0.717) is 19.0 Å². The summed E-state index contributed by atoms with van der Waals surface area (Å²) in [5.41, 5.74) is 4.82. The van der Waals surface area contributed by atoms with Gasteiger partial charge in [-0.3, -0.25) is 9.69 Å². The molecule has 0 aliphatic carbocycles. The summed E-state index contributed by atoms with van der Waals surface area (Å²) in [5, 5.41) is 9.02. The van der Waals surface area contributed by atoms with Gasteiger partial charge in [-0.05, 0) is 32.7 Å². The normalized spacial score (nSPS) is 31.4. The van der Waals surface area contributed by atoms with E-state index in [4.69, 9.17) is 10.8 Å². The summed E-state index contributed by atoms with van der Waals surface area (Å²) in [6, 6.07) is 0.428. The fourth-order valence-corrected chi connectivity index (χ4v) is 1.93. The van der Waals surface area contributed by atoms with Crippen LogP contribution in [0.25, 0.3) is 0 Å². The number of carboxylic acid groups (broad SMARTS) is 1. The third kappa shape index (κ3) is 2.25. The molecule has 82 valence electrons. The van der Waals surface area contributed by atoms with Crippen LogP contribution in [0, 0.1) is 0 Å². The van der Waals surface area contributed by atoms with E-state index in [1.807, 2.05) is 0 Å². The number of carboxylic acids is 1. The molecule has 0 amide bonds. The monoisotopic (exact) mass is 200 g/mol. The lowest BCUT2D eigenvalue weighted by Gasteiger charge is -2.40. The highest BCUT2D eigenvalue weighted by molar-refractivity contribution is 5.78. The second kappa shape index (κ2) is 4.28. The fourth-order valence-electron chi connectivity index (χ4n) is 1.93. The average Bonchev–Trinajstić information content (AvgIpc) is 2.16. The maximum Gasteiger partial charge on any atom is 0.325 e. The number of hydrogen-bond acceptors (Lipinski definition) is 3. The molecule has 1 rings (SSSR count). The Labute approximate surface area is 85.1 Å². The standard InChI is InChI=1S/C10H20N2O2/c1-3-8(2)12-6-4-5-10(11,7-12)9(13)14/h8H,3-7,11H2,1-2H3,(H,13,14). The van der Waals surface area contributed by atoms with E-state index in [1.54, 1.807) is 0 Å². The summed E-state index contributed by atoms with van der Waals surface area (Å²) in [5.74, 6) is -0.870. The summed E-state index contributed by atoms with van der Waals surface area (Å²) in [7, 11) is 0. The highest BCUT2D eigenvalue weighted by atomic mass is 16.4. The van der Waals surface area contributed by atoms with Gasteiger partial charge in [0, 0.05) is 12.6 Å². The lowest BCUT2D eigenvalue weighted by molar-refractivity contribution is -0.145. The Bertz CT molecular complexity index is 220. The van der Waals surface area contributed by atoms with Crippen LogP contribution >= 0.6 is 0 Å². The lowest BCUT2D eigenvalue weighted by atomic mass is 9.89. The minimum atomic E-state index is -1.03. The van der Waals surface area contributed by atoms with Crippen LogP contribution in [-0.4, -0.2) is 40.6 Å². The molecule has 4 heteroatoms. The molecule has 0 bridgehead atoms. The van der Waals surface area contributed by atoms with Crippen LogP contribution in [0.1, 0.15) is 33.1 Å². The van der Waals surface area contributed by atoms with Gasteiger partial charge in [0.2, 0.25) is 0 Å². The molecule has 2 unspecified atom stereocenters. The Balaban J connectivity index is 2.64. The van der Waals surface area contributed by atoms with Crippen molar-refractivity contribution in [1.82, 2.24) is 4.90 Å². The van der Waals surface area contributed by atoms with Gasteiger partial charge in [0.15, 0.2) is 0 Å². The van der Waals surface area contributed by atoms with Crippen molar-refractivity contribution in [2.45, 2.75) is 44.7 Å². The zero-order valence-corrected chi connectivity index (χ0v) is 8.99. The number of piperidine rings is 1. The quantitative estimate of drug-likeness (QED) is 0.702. The van der Waals surface area contributed by atoms with Crippen LogP contribution in [0.15, 0.2) is 0 Å². The van der Waals surface area contributed by atoms with Gasteiger partial charge in [-0.25, -0.2) is 0 Å². The Kier molecular flexibility index (Phi) is 3.50. The Morgan fingerprint density at radius 2 is 2.36 bits per heavy atom. The molecule has 0 radical (unpaired) electrons. The molecule has 14 heavy (non-hydrogen) atoms. The van der Waals surface area contributed by atoms with E-state index < -0.39 is 11.5 Å².